The summed E-state index contributed by atoms with van der Waals surface area (Å²) >= 11 is 9.21. The quantitative estimate of drug-likeness (QED) is 0.728. The fourth-order valence-electron chi connectivity index (χ4n) is 2.79. The van der Waals surface area contributed by atoms with E-state index in [1.807, 2.05) is 0 Å². The van der Waals surface area contributed by atoms with E-state index in [1.54, 1.807) is 6.07 Å². The normalized spacial score (nSPS) is 15.9. The minimum atomic E-state index is -0.313. The number of halogens is 3. The first-order valence-electron chi connectivity index (χ1n) is 7.91. The number of nitrogens with two attached hydrogens (primary N) is 1. The highest BCUT2D eigenvalue weighted by atomic mass is 79.9. The highest BCUT2D eigenvalue weighted by Gasteiger charge is 2.19. The lowest BCUT2D eigenvalue weighted by Gasteiger charge is -2.26. The summed E-state index contributed by atoms with van der Waals surface area (Å²) in [7, 11) is 2.09. The summed E-state index contributed by atoms with van der Waals surface area (Å²) in [4.78, 5) is 12.4. The first-order chi connectivity index (χ1) is 12.0. The molecule has 0 radical (unpaired) electrons. The zero-order valence-corrected chi connectivity index (χ0v) is 16.1. The summed E-state index contributed by atoms with van der Waals surface area (Å²) in [6.07, 6.45) is 2.34. The molecule has 1 aromatic carbocycles. The maximum atomic E-state index is 14.2. The van der Waals surface area contributed by atoms with Crippen molar-refractivity contribution in [2.75, 3.05) is 49.2 Å². The average molecular weight is 430 g/mol. The van der Waals surface area contributed by atoms with Gasteiger partial charge in [0.25, 0.3) is 0 Å². The minimum Gasteiger partial charge on any atom is -0.393 e. The molecular weight excluding hydrogens is 411 g/mol. The van der Waals surface area contributed by atoms with Crippen LogP contribution in [0.3, 0.4) is 0 Å². The Morgan fingerprint density at radius 1 is 1.24 bits per heavy atom. The van der Waals surface area contributed by atoms with E-state index in [4.69, 9.17) is 17.3 Å². The summed E-state index contributed by atoms with van der Waals surface area (Å²) in [5, 5.41) is 3.34. The highest BCUT2D eigenvalue weighted by Crippen LogP contribution is 2.35. The van der Waals surface area contributed by atoms with Crippen LogP contribution in [0, 0.1) is 5.82 Å². The Kier molecular flexibility index (Phi) is 5.61. The largest absolute Gasteiger partial charge is 0.393 e. The fraction of sp³-hybridized carbons (Fsp3) is 0.375. The molecule has 0 aliphatic carbocycles. The van der Waals surface area contributed by atoms with Gasteiger partial charge < -0.3 is 20.9 Å². The molecule has 1 aliphatic rings. The second kappa shape index (κ2) is 7.72. The van der Waals surface area contributed by atoms with Crippen LogP contribution in [0.25, 0.3) is 0 Å². The molecule has 1 fully saturated rings. The van der Waals surface area contributed by atoms with Gasteiger partial charge in [-0.15, -0.1) is 0 Å². The average Bonchev–Trinajstić information content (AvgIpc) is 2.79. The number of benzene rings is 1. The Morgan fingerprint density at radius 3 is 2.84 bits per heavy atom. The number of nitrogens with one attached hydrogen (secondary N) is 1. The van der Waals surface area contributed by atoms with Crippen molar-refractivity contribution in [3.63, 3.8) is 0 Å². The van der Waals surface area contributed by atoms with E-state index in [1.165, 1.54) is 12.4 Å². The van der Waals surface area contributed by atoms with Crippen molar-refractivity contribution in [2.24, 2.45) is 0 Å². The zero-order chi connectivity index (χ0) is 18.0. The zero-order valence-electron chi connectivity index (χ0n) is 13.8. The van der Waals surface area contributed by atoms with Gasteiger partial charge in [0.05, 0.1) is 15.8 Å². The molecule has 3 N–H and O–H groups in total. The molecule has 0 atom stereocenters. The number of anilines is 4. The molecule has 9 heteroatoms. The molecule has 0 saturated carbocycles. The standard InChI is InChI=1S/C16H19BrClFN6/c1-24-3-2-4-25(6-5-24)13-8-11(19)10(17)7-12(13)23-16-14(20)15(18)21-9-22-16/h7-9H,2-6,20H2,1H3,(H,21,22,23). The topological polar surface area (TPSA) is 70.3 Å². The summed E-state index contributed by atoms with van der Waals surface area (Å²) in [5.41, 5.74) is 7.68. The molecule has 0 bridgehead atoms. The first-order valence-corrected chi connectivity index (χ1v) is 9.08. The van der Waals surface area contributed by atoms with E-state index in [9.17, 15) is 4.39 Å². The van der Waals surface area contributed by atoms with Gasteiger partial charge in [0.1, 0.15) is 17.8 Å². The molecule has 1 aromatic heterocycles. The summed E-state index contributed by atoms with van der Waals surface area (Å²) in [6, 6.07) is 3.21. The van der Waals surface area contributed by atoms with Crippen molar-refractivity contribution < 1.29 is 4.39 Å². The Bertz CT molecular complexity index is 775. The van der Waals surface area contributed by atoms with E-state index in [2.05, 4.69) is 48.1 Å². The number of nitrogen functional groups attached to an aromatic ring is 1. The Labute approximate surface area is 159 Å². The smallest absolute Gasteiger partial charge is 0.158 e. The lowest BCUT2D eigenvalue weighted by Crippen LogP contribution is -2.29. The number of hydrogen-bond donors (Lipinski definition) is 2. The molecule has 3 rings (SSSR count). The van der Waals surface area contributed by atoms with Gasteiger partial charge in [-0.25, -0.2) is 14.4 Å². The number of hydrogen-bond acceptors (Lipinski definition) is 6. The Hall–Kier alpha value is -1.64. The molecule has 0 amide bonds. The third kappa shape index (κ3) is 4.13. The fourth-order valence-corrected chi connectivity index (χ4v) is 3.26. The summed E-state index contributed by atoms with van der Waals surface area (Å²) < 4.78 is 14.6. The second-order valence-electron chi connectivity index (χ2n) is 5.98. The maximum absolute atomic E-state index is 14.2. The van der Waals surface area contributed by atoms with Gasteiger partial charge in [0.2, 0.25) is 0 Å². The summed E-state index contributed by atoms with van der Waals surface area (Å²) in [5.74, 6) is 0.0820. The predicted molar refractivity (Wildman–Crippen MR) is 103 cm³/mol. The number of likely N-dealkylation sites (N-methyl/N-ethyl adjacent to an activating group) is 1. The Balaban J connectivity index is 1.97. The van der Waals surface area contributed by atoms with Gasteiger partial charge in [-0.3, -0.25) is 0 Å². The van der Waals surface area contributed by atoms with Crippen molar-refractivity contribution in [3.05, 3.63) is 33.9 Å². The van der Waals surface area contributed by atoms with Crippen LogP contribution < -0.4 is 16.0 Å². The van der Waals surface area contributed by atoms with E-state index in [0.29, 0.717) is 16.0 Å². The van der Waals surface area contributed by atoms with E-state index >= 15 is 0 Å². The van der Waals surface area contributed by atoms with Crippen LogP contribution >= 0.6 is 27.5 Å². The molecule has 0 spiro atoms. The predicted octanol–water partition coefficient (Wildman–Crippen LogP) is 3.50. The van der Waals surface area contributed by atoms with Crippen LogP contribution in [0.5, 0.6) is 0 Å². The maximum Gasteiger partial charge on any atom is 0.158 e. The number of rotatable bonds is 3. The van der Waals surface area contributed by atoms with Crippen molar-refractivity contribution in [1.29, 1.82) is 0 Å². The van der Waals surface area contributed by atoms with Gasteiger partial charge in [0, 0.05) is 25.7 Å². The monoisotopic (exact) mass is 428 g/mol. The number of aromatic nitrogens is 2. The SMILES string of the molecule is CN1CCCN(c2cc(F)c(Br)cc2Nc2ncnc(Cl)c2N)CC1. The summed E-state index contributed by atoms with van der Waals surface area (Å²) in [6.45, 7) is 3.59. The lowest BCUT2D eigenvalue weighted by atomic mass is 10.2. The van der Waals surface area contributed by atoms with Gasteiger partial charge in [0.15, 0.2) is 11.0 Å². The van der Waals surface area contributed by atoms with Crippen molar-refractivity contribution in [3.8, 4) is 0 Å². The first kappa shape index (κ1) is 18.2. The van der Waals surface area contributed by atoms with Crippen LogP contribution in [0.2, 0.25) is 5.15 Å². The van der Waals surface area contributed by atoms with Gasteiger partial charge in [-0.05, 0) is 42.0 Å². The molecule has 2 aromatic rings. The van der Waals surface area contributed by atoms with Crippen molar-refractivity contribution in [2.45, 2.75) is 6.42 Å². The van der Waals surface area contributed by atoms with E-state index in [-0.39, 0.29) is 16.7 Å². The molecule has 6 nitrogen and oxygen atoms in total. The minimum absolute atomic E-state index is 0.177. The van der Waals surface area contributed by atoms with E-state index < -0.39 is 0 Å². The highest BCUT2D eigenvalue weighted by molar-refractivity contribution is 9.10. The number of nitrogens with zero attached hydrogens (tertiary/aromatic N) is 4. The van der Waals surface area contributed by atoms with Crippen molar-refractivity contribution in [1.82, 2.24) is 14.9 Å². The van der Waals surface area contributed by atoms with Gasteiger partial charge in [-0.2, -0.15) is 0 Å². The third-order valence-corrected chi connectivity index (χ3v) is 5.10. The second-order valence-corrected chi connectivity index (χ2v) is 7.19. The molecule has 2 heterocycles. The van der Waals surface area contributed by atoms with Crippen LogP contribution in [-0.2, 0) is 0 Å². The molecule has 1 aliphatic heterocycles. The van der Waals surface area contributed by atoms with Crippen LogP contribution in [0.4, 0.5) is 27.3 Å². The molecule has 1 saturated heterocycles. The van der Waals surface area contributed by atoms with Crippen LogP contribution in [0.1, 0.15) is 6.42 Å². The lowest BCUT2D eigenvalue weighted by molar-refractivity contribution is 0.360. The van der Waals surface area contributed by atoms with Crippen LogP contribution in [-0.4, -0.2) is 48.1 Å². The third-order valence-electron chi connectivity index (χ3n) is 4.19. The van der Waals surface area contributed by atoms with E-state index in [0.717, 1.165) is 38.3 Å². The molecule has 0 unspecified atom stereocenters. The van der Waals surface area contributed by atoms with Crippen molar-refractivity contribution >= 4 is 50.4 Å². The molecule has 25 heavy (non-hydrogen) atoms. The van der Waals surface area contributed by atoms with Gasteiger partial charge >= 0.3 is 0 Å². The molecular formula is C16H19BrClFN6. The Morgan fingerprint density at radius 2 is 2.04 bits per heavy atom. The molecule has 134 valence electrons. The van der Waals surface area contributed by atoms with Crippen LogP contribution in [0.15, 0.2) is 22.9 Å². The van der Waals surface area contributed by atoms with Gasteiger partial charge in [-0.1, -0.05) is 11.6 Å².